The van der Waals surface area contributed by atoms with E-state index < -0.39 is 0 Å². The van der Waals surface area contributed by atoms with Gasteiger partial charge in [0.2, 0.25) is 5.91 Å². The Morgan fingerprint density at radius 3 is 2.61 bits per heavy atom. The molecule has 2 heterocycles. The van der Waals surface area contributed by atoms with E-state index in [0.717, 1.165) is 25.7 Å². The van der Waals surface area contributed by atoms with Crippen molar-refractivity contribution in [1.82, 2.24) is 15.2 Å². The minimum absolute atomic E-state index is 0.0871. The summed E-state index contributed by atoms with van der Waals surface area (Å²) in [4.78, 5) is 30.2. The normalized spacial score (nSPS) is 18.8. The van der Waals surface area contributed by atoms with Crippen LogP contribution < -0.4 is 5.32 Å². The number of piperidine rings is 1. The highest BCUT2D eigenvalue weighted by molar-refractivity contribution is 5.94. The number of nitrogens with one attached hydrogen (secondary N) is 1. The van der Waals surface area contributed by atoms with Gasteiger partial charge in [-0.2, -0.15) is 0 Å². The summed E-state index contributed by atoms with van der Waals surface area (Å²) in [5.41, 5.74) is 1.87. The van der Waals surface area contributed by atoms with Crippen LogP contribution in [-0.2, 0) is 4.79 Å². The van der Waals surface area contributed by atoms with Gasteiger partial charge in [0, 0.05) is 37.6 Å². The van der Waals surface area contributed by atoms with Crippen molar-refractivity contribution in [2.45, 2.75) is 44.6 Å². The van der Waals surface area contributed by atoms with Gasteiger partial charge in [-0.05, 0) is 50.7 Å². The van der Waals surface area contributed by atoms with E-state index in [0.29, 0.717) is 18.7 Å². The third-order valence-corrected chi connectivity index (χ3v) is 4.64. The molecule has 1 aliphatic heterocycles. The summed E-state index contributed by atoms with van der Waals surface area (Å²) in [7, 11) is 0. The van der Waals surface area contributed by atoms with E-state index >= 15 is 0 Å². The number of hydrogen-bond donors (Lipinski definition) is 1. The zero-order valence-corrected chi connectivity index (χ0v) is 13.3. The lowest BCUT2D eigenvalue weighted by molar-refractivity contribution is -0.127. The Bertz CT molecular complexity index is 582. The van der Waals surface area contributed by atoms with Crippen LogP contribution in [0.4, 0.5) is 0 Å². The number of nitrogens with zero attached hydrogens (tertiary/aromatic N) is 2. The molecule has 2 aliphatic rings. The maximum atomic E-state index is 12.3. The standard InChI is InChI=1S/C18H23N3O2/c22-17(12-14-4-1-2-5-14)21-10-7-16(8-11-21)20-18(23)15-6-3-9-19-13-15/h3,6,9,12-13,16H,1-2,4-5,7-8,10-11H2,(H,20,23). The Balaban J connectivity index is 1.47. The average molecular weight is 313 g/mol. The summed E-state index contributed by atoms with van der Waals surface area (Å²) in [6.07, 6.45) is 11.2. The number of likely N-dealkylation sites (tertiary alicyclic amines) is 1. The van der Waals surface area contributed by atoms with Crippen molar-refractivity contribution >= 4 is 11.8 Å². The first kappa shape index (κ1) is 15.7. The second kappa shape index (κ2) is 7.40. The Morgan fingerprint density at radius 2 is 1.96 bits per heavy atom. The summed E-state index contributed by atoms with van der Waals surface area (Å²) in [5.74, 6) is 0.0508. The maximum Gasteiger partial charge on any atom is 0.253 e. The first-order valence-electron chi connectivity index (χ1n) is 8.41. The largest absolute Gasteiger partial charge is 0.349 e. The fourth-order valence-corrected chi connectivity index (χ4v) is 3.25. The van der Waals surface area contributed by atoms with E-state index in [1.54, 1.807) is 24.5 Å². The molecule has 122 valence electrons. The molecule has 1 N–H and O–H groups in total. The van der Waals surface area contributed by atoms with E-state index in [1.807, 2.05) is 11.0 Å². The topological polar surface area (TPSA) is 62.3 Å². The quantitative estimate of drug-likeness (QED) is 0.871. The van der Waals surface area contributed by atoms with Gasteiger partial charge in [0.25, 0.3) is 5.91 Å². The van der Waals surface area contributed by atoms with Crippen molar-refractivity contribution in [3.05, 3.63) is 41.7 Å². The van der Waals surface area contributed by atoms with Crippen LogP contribution in [0.2, 0.25) is 0 Å². The molecule has 0 radical (unpaired) electrons. The molecule has 2 amide bonds. The second-order valence-corrected chi connectivity index (χ2v) is 6.32. The summed E-state index contributed by atoms with van der Waals surface area (Å²) in [6.45, 7) is 1.42. The fourth-order valence-electron chi connectivity index (χ4n) is 3.25. The fraction of sp³-hybridized carbons (Fsp3) is 0.500. The van der Waals surface area contributed by atoms with Gasteiger partial charge < -0.3 is 10.2 Å². The van der Waals surface area contributed by atoms with Crippen molar-refractivity contribution in [3.63, 3.8) is 0 Å². The molecule has 1 aromatic heterocycles. The lowest BCUT2D eigenvalue weighted by atomic mass is 10.0. The summed E-state index contributed by atoms with van der Waals surface area (Å²) in [6, 6.07) is 3.65. The van der Waals surface area contributed by atoms with Crippen molar-refractivity contribution in [2.24, 2.45) is 0 Å². The van der Waals surface area contributed by atoms with Crippen LogP contribution in [0, 0.1) is 0 Å². The molecular formula is C18H23N3O2. The Kier molecular flexibility index (Phi) is 5.05. The predicted octanol–water partition coefficient (Wildman–Crippen LogP) is 2.30. The van der Waals surface area contributed by atoms with Crippen molar-refractivity contribution in [3.8, 4) is 0 Å². The molecule has 0 atom stereocenters. The number of hydrogen-bond acceptors (Lipinski definition) is 3. The highest BCUT2D eigenvalue weighted by atomic mass is 16.2. The highest BCUT2D eigenvalue weighted by Gasteiger charge is 2.23. The van der Waals surface area contributed by atoms with Crippen LogP contribution in [-0.4, -0.2) is 40.8 Å². The molecule has 0 unspecified atom stereocenters. The van der Waals surface area contributed by atoms with E-state index in [-0.39, 0.29) is 17.9 Å². The van der Waals surface area contributed by atoms with Crippen LogP contribution >= 0.6 is 0 Å². The van der Waals surface area contributed by atoms with Gasteiger partial charge in [-0.25, -0.2) is 0 Å². The van der Waals surface area contributed by atoms with Gasteiger partial charge in [0.15, 0.2) is 0 Å². The average Bonchev–Trinajstić information content (AvgIpc) is 3.09. The van der Waals surface area contributed by atoms with E-state index in [4.69, 9.17) is 0 Å². The van der Waals surface area contributed by atoms with Crippen molar-refractivity contribution in [1.29, 1.82) is 0 Å². The maximum absolute atomic E-state index is 12.3. The number of carbonyl (C=O) groups excluding carboxylic acids is 2. The molecule has 0 spiro atoms. The number of rotatable bonds is 3. The molecule has 1 saturated carbocycles. The third kappa shape index (κ3) is 4.18. The van der Waals surface area contributed by atoms with Gasteiger partial charge in [-0.3, -0.25) is 14.6 Å². The van der Waals surface area contributed by atoms with Crippen LogP contribution in [0.15, 0.2) is 36.2 Å². The van der Waals surface area contributed by atoms with E-state index in [9.17, 15) is 9.59 Å². The molecule has 5 heteroatoms. The number of amides is 2. The van der Waals surface area contributed by atoms with Gasteiger partial charge in [0.05, 0.1) is 5.56 Å². The molecule has 1 aromatic rings. The lowest BCUT2D eigenvalue weighted by Gasteiger charge is -2.32. The second-order valence-electron chi connectivity index (χ2n) is 6.32. The molecule has 5 nitrogen and oxygen atoms in total. The van der Waals surface area contributed by atoms with Crippen LogP contribution in [0.5, 0.6) is 0 Å². The summed E-state index contributed by atoms with van der Waals surface area (Å²) in [5, 5.41) is 3.04. The first-order valence-corrected chi connectivity index (χ1v) is 8.41. The molecule has 0 bridgehead atoms. The Hall–Kier alpha value is -2.17. The number of pyridine rings is 1. The zero-order chi connectivity index (χ0) is 16.1. The number of aromatic nitrogens is 1. The first-order chi connectivity index (χ1) is 11.2. The van der Waals surface area contributed by atoms with Gasteiger partial charge in [-0.1, -0.05) is 5.57 Å². The van der Waals surface area contributed by atoms with E-state index in [2.05, 4.69) is 10.3 Å². The number of allylic oxidation sites excluding steroid dienone is 1. The molecule has 23 heavy (non-hydrogen) atoms. The van der Waals surface area contributed by atoms with Gasteiger partial charge >= 0.3 is 0 Å². The molecule has 1 aliphatic carbocycles. The lowest BCUT2D eigenvalue weighted by Crippen LogP contribution is -2.46. The Morgan fingerprint density at radius 1 is 1.22 bits per heavy atom. The third-order valence-electron chi connectivity index (χ3n) is 4.64. The van der Waals surface area contributed by atoms with E-state index in [1.165, 1.54) is 18.4 Å². The minimum Gasteiger partial charge on any atom is -0.349 e. The van der Waals surface area contributed by atoms with Crippen molar-refractivity contribution < 1.29 is 9.59 Å². The number of carbonyl (C=O) groups is 2. The molecule has 1 saturated heterocycles. The minimum atomic E-state index is -0.0871. The molecule has 2 fully saturated rings. The smallest absolute Gasteiger partial charge is 0.253 e. The molecular weight excluding hydrogens is 290 g/mol. The van der Waals surface area contributed by atoms with Gasteiger partial charge in [0.1, 0.15) is 0 Å². The van der Waals surface area contributed by atoms with Gasteiger partial charge in [-0.15, -0.1) is 0 Å². The highest BCUT2D eigenvalue weighted by Crippen LogP contribution is 2.24. The summed E-state index contributed by atoms with van der Waals surface area (Å²) >= 11 is 0. The monoisotopic (exact) mass is 313 g/mol. The predicted molar refractivity (Wildman–Crippen MR) is 87.9 cm³/mol. The van der Waals surface area contributed by atoms with Crippen LogP contribution in [0.25, 0.3) is 0 Å². The SMILES string of the molecule is O=C(NC1CCN(C(=O)C=C2CCCC2)CC1)c1cccnc1. The Labute approximate surface area is 136 Å². The zero-order valence-electron chi connectivity index (χ0n) is 13.3. The van der Waals surface area contributed by atoms with Crippen molar-refractivity contribution in [2.75, 3.05) is 13.1 Å². The van der Waals surface area contributed by atoms with Crippen LogP contribution in [0.1, 0.15) is 48.9 Å². The summed E-state index contributed by atoms with van der Waals surface area (Å²) < 4.78 is 0. The van der Waals surface area contributed by atoms with Crippen LogP contribution in [0.3, 0.4) is 0 Å². The molecule has 3 rings (SSSR count). The molecule has 0 aromatic carbocycles.